The van der Waals surface area contributed by atoms with Crippen LogP contribution in [0, 0.1) is 11.3 Å². The molecule has 0 aliphatic heterocycles. The molecule has 0 saturated carbocycles. The second-order valence-electron chi connectivity index (χ2n) is 4.57. The zero-order chi connectivity index (χ0) is 15.4. The number of benzene rings is 1. The van der Waals surface area contributed by atoms with E-state index >= 15 is 0 Å². The predicted molar refractivity (Wildman–Crippen MR) is 90.7 cm³/mol. The topological polar surface area (TPSA) is 65.4 Å². The summed E-state index contributed by atoms with van der Waals surface area (Å²) in [7, 11) is 0. The number of allylic oxidation sites excluding steroid dienone is 3. The third-order valence-electron chi connectivity index (χ3n) is 3.03. The summed E-state index contributed by atoms with van der Waals surface area (Å²) in [4.78, 5) is 11.6. The molecule has 3 aromatic rings. The van der Waals surface area contributed by atoms with Crippen molar-refractivity contribution in [3.63, 3.8) is 0 Å². The van der Waals surface area contributed by atoms with Gasteiger partial charge in [-0.1, -0.05) is 42.5 Å². The number of fused-ring (bicyclic) bond motifs is 1. The molecule has 4 nitrogen and oxygen atoms in total. The van der Waals surface area contributed by atoms with Crippen molar-refractivity contribution >= 4 is 38.7 Å². The lowest BCUT2D eigenvalue weighted by Crippen LogP contribution is -1.83. The Hall–Kier alpha value is -2.71. The van der Waals surface area contributed by atoms with E-state index < -0.39 is 0 Å². The Balaban J connectivity index is 1.91. The molecular weight excluding hydrogens is 340 g/mol. The van der Waals surface area contributed by atoms with Gasteiger partial charge in [0.2, 0.25) is 0 Å². The molecule has 0 radical (unpaired) electrons. The number of hydrogen-bond donors (Lipinski definition) is 1. The SMILES string of the molecule is N#C/C(=C\C=C\c1ccccc1)c1nc2ncc(Br)cc2[nH]1. The number of H-pyrrole nitrogens is 1. The lowest BCUT2D eigenvalue weighted by atomic mass is 10.2. The average molecular weight is 351 g/mol. The average Bonchev–Trinajstić information content (AvgIpc) is 2.95. The molecule has 0 atom stereocenters. The predicted octanol–water partition coefficient (Wildman–Crippen LogP) is 4.34. The van der Waals surface area contributed by atoms with Crippen LogP contribution in [0.2, 0.25) is 0 Å². The van der Waals surface area contributed by atoms with Gasteiger partial charge in [0.15, 0.2) is 11.5 Å². The van der Waals surface area contributed by atoms with Crippen LogP contribution in [0.4, 0.5) is 0 Å². The number of aromatic nitrogens is 3. The molecule has 1 N–H and O–H groups in total. The van der Waals surface area contributed by atoms with E-state index in [0.717, 1.165) is 15.6 Å². The maximum absolute atomic E-state index is 9.31. The summed E-state index contributed by atoms with van der Waals surface area (Å²) < 4.78 is 0.863. The van der Waals surface area contributed by atoms with Crippen LogP contribution in [0.5, 0.6) is 0 Å². The number of aromatic amines is 1. The number of hydrogen-bond acceptors (Lipinski definition) is 3. The molecule has 0 saturated heterocycles. The van der Waals surface area contributed by atoms with E-state index in [4.69, 9.17) is 0 Å². The Bertz CT molecular complexity index is 901. The van der Waals surface area contributed by atoms with Crippen molar-refractivity contribution in [2.75, 3.05) is 0 Å². The largest absolute Gasteiger partial charge is 0.336 e. The van der Waals surface area contributed by atoms with Crippen LogP contribution < -0.4 is 0 Å². The van der Waals surface area contributed by atoms with Crippen molar-refractivity contribution in [2.24, 2.45) is 0 Å². The molecule has 0 aliphatic rings. The van der Waals surface area contributed by atoms with E-state index in [1.165, 1.54) is 0 Å². The second-order valence-corrected chi connectivity index (χ2v) is 5.49. The summed E-state index contributed by atoms with van der Waals surface area (Å²) in [5.74, 6) is 0.515. The van der Waals surface area contributed by atoms with E-state index in [2.05, 4.69) is 37.0 Å². The van der Waals surface area contributed by atoms with E-state index in [-0.39, 0.29) is 0 Å². The Morgan fingerprint density at radius 1 is 1.27 bits per heavy atom. The molecule has 0 aliphatic carbocycles. The highest BCUT2D eigenvalue weighted by molar-refractivity contribution is 9.10. The summed E-state index contributed by atoms with van der Waals surface area (Å²) >= 11 is 3.36. The lowest BCUT2D eigenvalue weighted by Gasteiger charge is -1.91. The Morgan fingerprint density at radius 2 is 2.09 bits per heavy atom. The minimum absolute atomic E-state index is 0.460. The highest BCUT2D eigenvalue weighted by Crippen LogP contribution is 2.18. The number of nitriles is 1. The summed E-state index contributed by atoms with van der Waals surface area (Å²) in [5.41, 5.74) is 2.91. The van der Waals surface area contributed by atoms with E-state index in [9.17, 15) is 5.26 Å². The number of imidazole rings is 1. The summed E-state index contributed by atoms with van der Waals surface area (Å²) in [6.07, 6.45) is 7.19. The van der Waals surface area contributed by atoms with Crippen LogP contribution in [0.25, 0.3) is 22.8 Å². The molecule has 0 fully saturated rings. The molecule has 1 aromatic carbocycles. The molecule has 106 valence electrons. The van der Waals surface area contributed by atoms with Crippen LogP contribution >= 0.6 is 15.9 Å². The number of pyridine rings is 1. The molecular formula is C17H11BrN4. The van der Waals surface area contributed by atoms with Crippen LogP contribution in [-0.2, 0) is 0 Å². The van der Waals surface area contributed by atoms with Gasteiger partial charge in [-0.2, -0.15) is 5.26 Å². The van der Waals surface area contributed by atoms with Gasteiger partial charge in [0.25, 0.3) is 0 Å². The number of nitrogens with one attached hydrogen (secondary N) is 1. The first-order chi connectivity index (χ1) is 10.8. The van der Waals surface area contributed by atoms with Gasteiger partial charge in [-0.3, -0.25) is 0 Å². The summed E-state index contributed by atoms with van der Waals surface area (Å²) in [5, 5.41) is 9.31. The highest BCUT2D eigenvalue weighted by Gasteiger charge is 2.08. The van der Waals surface area contributed by atoms with Gasteiger partial charge < -0.3 is 4.98 Å². The molecule has 22 heavy (non-hydrogen) atoms. The van der Waals surface area contributed by atoms with Gasteiger partial charge in [-0.25, -0.2) is 9.97 Å². The maximum atomic E-state index is 9.31. The maximum Gasteiger partial charge on any atom is 0.178 e. The number of nitrogens with zero attached hydrogens (tertiary/aromatic N) is 3. The van der Waals surface area contributed by atoms with Crippen LogP contribution in [0.15, 0.2) is 59.2 Å². The summed E-state index contributed by atoms with van der Waals surface area (Å²) in [6, 6.07) is 13.9. The van der Waals surface area contributed by atoms with Gasteiger partial charge in [-0.15, -0.1) is 0 Å². The minimum Gasteiger partial charge on any atom is -0.336 e. The first kappa shape index (κ1) is 14.2. The molecule has 2 heterocycles. The van der Waals surface area contributed by atoms with E-state index in [0.29, 0.717) is 17.0 Å². The quantitative estimate of drug-likeness (QED) is 0.564. The Morgan fingerprint density at radius 3 is 2.86 bits per heavy atom. The van der Waals surface area contributed by atoms with Gasteiger partial charge >= 0.3 is 0 Å². The second kappa shape index (κ2) is 6.37. The molecule has 0 bridgehead atoms. The smallest absolute Gasteiger partial charge is 0.178 e. The van der Waals surface area contributed by atoms with Crippen LogP contribution in [0.1, 0.15) is 11.4 Å². The fourth-order valence-corrected chi connectivity index (χ4v) is 2.32. The zero-order valence-corrected chi connectivity index (χ0v) is 13.1. The molecule has 0 spiro atoms. The number of rotatable bonds is 3. The molecule has 0 unspecified atom stereocenters. The highest BCUT2D eigenvalue weighted by atomic mass is 79.9. The van der Waals surface area contributed by atoms with E-state index in [1.807, 2.05) is 48.6 Å². The Labute approximate surface area is 136 Å². The third-order valence-corrected chi connectivity index (χ3v) is 3.46. The van der Waals surface area contributed by atoms with Gasteiger partial charge in [0.05, 0.1) is 11.1 Å². The first-order valence-corrected chi connectivity index (χ1v) is 7.41. The Kier molecular flexibility index (Phi) is 4.12. The normalized spacial score (nSPS) is 11.9. The fraction of sp³-hybridized carbons (Fsp3) is 0. The van der Waals surface area contributed by atoms with Crippen LogP contribution in [-0.4, -0.2) is 15.0 Å². The monoisotopic (exact) mass is 350 g/mol. The van der Waals surface area contributed by atoms with Gasteiger partial charge in [0.1, 0.15) is 6.07 Å². The minimum atomic E-state index is 0.460. The summed E-state index contributed by atoms with van der Waals surface area (Å²) in [6.45, 7) is 0. The van der Waals surface area contributed by atoms with Gasteiger partial charge in [0, 0.05) is 10.7 Å². The zero-order valence-electron chi connectivity index (χ0n) is 11.5. The van der Waals surface area contributed by atoms with Gasteiger partial charge in [-0.05, 0) is 33.6 Å². The molecule has 2 aromatic heterocycles. The van der Waals surface area contributed by atoms with E-state index in [1.54, 1.807) is 12.3 Å². The van der Waals surface area contributed by atoms with Crippen molar-refractivity contribution in [1.29, 1.82) is 5.26 Å². The van der Waals surface area contributed by atoms with Crippen molar-refractivity contribution < 1.29 is 0 Å². The van der Waals surface area contributed by atoms with Crippen molar-refractivity contribution in [2.45, 2.75) is 0 Å². The molecule has 0 amide bonds. The van der Waals surface area contributed by atoms with Crippen molar-refractivity contribution in [3.8, 4) is 6.07 Å². The van der Waals surface area contributed by atoms with Crippen LogP contribution in [0.3, 0.4) is 0 Å². The number of halogens is 1. The standard InChI is InChI=1S/C17H11BrN4/c18-14-9-15-17(20-11-14)22-16(21-15)13(10-19)8-4-7-12-5-2-1-3-6-12/h1-9,11H,(H,20,21,22)/b7-4+,13-8+. The molecule has 5 heteroatoms. The first-order valence-electron chi connectivity index (χ1n) is 6.61. The third kappa shape index (κ3) is 3.13. The fourth-order valence-electron chi connectivity index (χ4n) is 1.99. The molecule has 3 rings (SSSR count). The van der Waals surface area contributed by atoms with Crippen molar-refractivity contribution in [1.82, 2.24) is 15.0 Å². The lowest BCUT2D eigenvalue weighted by molar-refractivity contribution is 1.25. The van der Waals surface area contributed by atoms with Crippen molar-refractivity contribution in [3.05, 3.63) is 70.6 Å².